The van der Waals surface area contributed by atoms with E-state index in [0.29, 0.717) is 25.2 Å². The van der Waals surface area contributed by atoms with Crippen molar-refractivity contribution in [1.82, 2.24) is 19.2 Å². The highest BCUT2D eigenvalue weighted by Crippen LogP contribution is 2.30. The molecule has 21 heavy (non-hydrogen) atoms. The summed E-state index contributed by atoms with van der Waals surface area (Å²) in [6.45, 7) is 1.01. The van der Waals surface area contributed by atoms with Gasteiger partial charge in [0.2, 0.25) is 10.0 Å². The maximum Gasteiger partial charge on any atom is 0.250 e. The van der Waals surface area contributed by atoms with E-state index in [0.717, 1.165) is 16.2 Å². The van der Waals surface area contributed by atoms with Crippen molar-refractivity contribution in [2.45, 2.75) is 16.7 Å². The molecule has 0 amide bonds. The molecule has 3 heterocycles. The first-order chi connectivity index (χ1) is 10.1. The number of rotatable bonds is 4. The number of nitriles is 1. The Morgan fingerprint density at radius 3 is 3.00 bits per heavy atom. The first-order valence-corrected chi connectivity index (χ1v) is 9.26. The third kappa shape index (κ3) is 3.06. The Morgan fingerprint density at radius 1 is 1.48 bits per heavy atom. The van der Waals surface area contributed by atoms with Crippen molar-refractivity contribution in [3.8, 4) is 16.8 Å². The van der Waals surface area contributed by atoms with E-state index in [9.17, 15) is 8.42 Å². The standard InChI is InChI=1S/C11H11N5O2S3/c12-7-16-4-3-8(5-16)14-21(17,18)11-2-1-10(20-11)9-6-19-15-13-9/h1-2,6,8,14H,3-5H2. The Labute approximate surface area is 130 Å². The summed E-state index contributed by atoms with van der Waals surface area (Å²) in [5, 5.41) is 14.5. The fourth-order valence-electron chi connectivity index (χ4n) is 2.10. The van der Waals surface area contributed by atoms with Crippen LogP contribution in [0.25, 0.3) is 10.6 Å². The van der Waals surface area contributed by atoms with Crippen LogP contribution in [0.5, 0.6) is 0 Å². The number of nitrogens with one attached hydrogen (secondary N) is 1. The first kappa shape index (κ1) is 14.4. The molecule has 1 atom stereocenters. The third-order valence-electron chi connectivity index (χ3n) is 3.11. The minimum atomic E-state index is -3.56. The van der Waals surface area contributed by atoms with E-state index in [-0.39, 0.29) is 10.3 Å². The zero-order chi connectivity index (χ0) is 14.9. The van der Waals surface area contributed by atoms with E-state index in [1.54, 1.807) is 22.4 Å². The van der Waals surface area contributed by atoms with E-state index < -0.39 is 10.0 Å². The fourth-order valence-corrected chi connectivity index (χ4v) is 5.17. The number of hydrogen-bond donors (Lipinski definition) is 1. The molecule has 0 aromatic carbocycles. The van der Waals surface area contributed by atoms with Gasteiger partial charge in [0.15, 0.2) is 6.19 Å². The lowest BCUT2D eigenvalue weighted by Gasteiger charge is -2.11. The predicted octanol–water partition coefficient (Wildman–Crippen LogP) is 1.10. The van der Waals surface area contributed by atoms with Crippen LogP contribution in [-0.4, -0.2) is 42.0 Å². The second-order valence-electron chi connectivity index (χ2n) is 4.56. The lowest BCUT2D eigenvalue weighted by molar-refractivity contribution is 0.470. The van der Waals surface area contributed by atoms with Gasteiger partial charge in [0, 0.05) is 24.5 Å². The summed E-state index contributed by atoms with van der Waals surface area (Å²) < 4.78 is 31.3. The number of hydrogen-bond acceptors (Lipinski definition) is 8. The van der Waals surface area contributed by atoms with E-state index in [4.69, 9.17) is 5.26 Å². The van der Waals surface area contributed by atoms with Crippen molar-refractivity contribution < 1.29 is 8.42 Å². The zero-order valence-corrected chi connectivity index (χ0v) is 13.2. The average Bonchev–Trinajstić information content (AvgIpc) is 3.19. The number of sulfonamides is 1. The minimum absolute atomic E-state index is 0.221. The molecule has 1 unspecified atom stereocenters. The topological polar surface area (TPSA) is 99.0 Å². The molecule has 1 saturated heterocycles. The molecular weight excluding hydrogens is 330 g/mol. The van der Waals surface area contributed by atoms with Crippen LogP contribution in [0.3, 0.4) is 0 Å². The monoisotopic (exact) mass is 341 g/mol. The van der Waals surface area contributed by atoms with Crippen molar-refractivity contribution >= 4 is 32.9 Å². The van der Waals surface area contributed by atoms with Crippen molar-refractivity contribution in [3.63, 3.8) is 0 Å². The average molecular weight is 341 g/mol. The van der Waals surface area contributed by atoms with Gasteiger partial charge in [-0.2, -0.15) is 5.26 Å². The summed E-state index contributed by atoms with van der Waals surface area (Å²) in [6, 6.07) is 3.08. The predicted molar refractivity (Wildman–Crippen MR) is 79.1 cm³/mol. The minimum Gasteiger partial charge on any atom is -0.309 e. The third-order valence-corrected chi connectivity index (χ3v) is 6.73. The Balaban J connectivity index is 1.75. The molecule has 1 fully saturated rings. The van der Waals surface area contributed by atoms with Crippen molar-refractivity contribution in [2.24, 2.45) is 0 Å². The Bertz CT molecular complexity index is 762. The molecule has 0 aliphatic carbocycles. The summed E-state index contributed by atoms with van der Waals surface area (Å²) in [4.78, 5) is 2.32. The second-order valence-corrected chi connectivity index (χ2v) is 8.20. The van der Waals surface area contributed by atoms with Crippen LogP contribution in [0, 0.1) is 11.5 Å². The Kier molecular flexibility index (Phi) is 3.90. The number of likely N-dealkylation sites (tertiary alicyclic amines) is 1. The van der Waals surface area contributed by atoms with Crippen LogP contribution in [-0.2, 0) is 10.0 Å². The molecule has 1 N–H and O–H groups in total. The molecule has 1 aliphatic heterocycles. The quantitative estimate of drug-likeness (QED) is 0.836. The summed E-state index contributed by atoms with van der Waals surface area (Å²) in [5.74, 6) is 0. The fraction of sp³-hybridized carbons (Fsp3) is 0.364. The van der Waals surface area contributed by atoms with Crippen molar-refractivity contribution in [2.75, 3.05) is 13.1 Å². The van der Waals surface area contributed by atoms with Gasteiger partial charge in [-0.3, -0.25) is 0 Å². The van der Waals surface area contributed by atoms with Gasteiger partial charge < -0.3 is 4.90 Å². The lowest BCUT2D eigenvalue weighted by atomic mass is 10.3. The highest BCUT2D eigenvalue weighted by molar-refractivity contribution is 7.91. The van der Waals surface area contributed by atoms with E-state index in [1.807, 2.05) is 6.19 Å². The van der Waals surface area contributed by atoms with E-state index in [1.165, 1.54) is 11.5 Å². The molecule has 0 spiro atoms. The van der Waals surface area contributed by atoms with Crippen LogP contribution in [0.4, 0.5) is 0 Å². The summed E-state index contributed by atoms with van der Waals surface area (Å²) in [7, 11) is -3.56. The second kappa shape index (κ2) is 5.69. The Hall–Kier alpha value is -1.54. The Morgan fingerprint density at radius 2 is 2.33 bits per heavy atom. The smallest absolute Gasteiger partial charge is 0.250 e. The highest BCUT2D eigenvalue weighted by Gasteiger charge is 2.27. The molecule has 3 rings (SSSR count). The SMILES string of the molecule is N#CN1CCC(NS(=O)(=O)c2ccc(-c3csnn3)s2)C1. The molecule has 7 nitrogen and oxygen atoms in total. The van der Waals surface area contributed by atoms with E-state index >= 15 is 0 Å². The molecule has 0 saturated carbocycles. The van der Waals surface area contributed by atoms with Crippen LogP contribution in [0.1, 0.15) is 6.42 Å². The number of aromatic nitrogens is 2. The maximum atomic E-state index is 12.3. The van der Waals surface area contributed by atoms with Crippen molar-refractivity contribution in [3.05, 3.63) is 17.5 Å². The van der Waals surface area contributed by atoms with Gasteiger partial charge in [-0.05, 0) is 30.1 Å². The molecular formula is C11H11N5O2S3. The maximum absolute atomic E-state index is 12.3. The lowest BCUT2D eigenvalue weighted by Crippen LogP contribution is -2.36. The van der Waals surface area contributed by atoms with Crippen LogP contribution >= 0.6 is 22.9 Å². The molecule has 2 aromatic heterocycles. The summed E-state index contributed by atoms with van der Waals surface area (Å²) >= 11 is 2.39. The first-order valence-electron chi connectivity index (χ1n) is 6.13. The molecule has 0 radical (unpaired) electrons. The van der Waals surface area contributed by atoms with Gasteiger partial charge in [-0.15, -0.1) is 16.4 Å². The summed E-state index contributed by atoms with van der Waals surface area (Å²) in [5.41, 5.74) is 0.683. The molecule has 0 bridgehead atoms. The largest absolute Gasteiger partial charge is 0.309 e. The number of nitrogens with zero attached hydrogens (tertiary/aromatic N) is 4. The normalized spacial score (nSPS) is 18.8. The highest BCUT2D eigenvalue weighted by atomic mass is 32.2. The molecule has 1 aliphatic rings. The van der Waals surface area contributed by atoms with Gasteiger partial charge in [0.25, 0.3) is 0 Å². The summed E-state index contributed by atoms with van der Waals surface area (Å²) in [6.07, 6.45) is 2.67. The number of thiophene rings is 1. The van der Waals surface area contributed by atoms with Gasteiger partial charge in [0.1, 0.15) is 9.90 Å². The van der Waals surface area contributed by atoms with Gasteiger partial charge in [-0.1, -0.05) is 4.49 Å². The molecule has 2 aromatic rings. The molecule has 110 valence electrons. The van der Waals surface area contributed by atoms with E-state index in [2.05, 4.69) is 14.3 Å². The van der Waals surface area contributed by atoms with Crippen LogP contribution < -0.4 is 4.72 Å². The van der Waals surface area contributed by atoms with Crippen molar-refractivity contribution in [1.29, 1.82) is 5.26 Å². The van der Waals surface area contributed by atoms with Crippen LogP contribution in [0.15, 0.2) is 21.7 Å². The van der Waals surface area contributed by atoms with Gasteiger partial charge in [0.05, 0.1) is 4.88 Å². The zero-order valence-electron chi connectivity index (χ0n) is 10.8. The van der Waals surface area contributed by atoms with Crippen LogP contribution in [0.2, 0.25) is 0 Å². The van der Waals surface area contributed by atoms with Gasteiger partial charge >= 0.3 is 0 Å². The van der Waals surface area contributed by atoms with Gasteiger partial charge in [-0.25, -0.2) is 13.1 Å². The molecule has 10 heteroatoms.